The molecule has 12 heteroatoms. The van der Waals surface area contributed by atoms with E-state index >= 15 is 0 Å². The fraction of sp³-hybridized carbons (Fsp3) is 0.263. The van der Waals surface area contributed by atoms with Crippen molar-refractivity contribution in [1.82, 2.24) is 9.55 Å². The molecule has 31 heavy (non-hydrogen) atoms. The quantitative estimate of drug-likeness (QED) is 0.759. The van der Waals surface area contributed by atoms with Crippen molar-refractivity contribution in [3.05, 3.63) is 35.7 Å². The number of carbonyl (C=O) groups is 2. The van der Waals surface area contributed by atoms with Gasteiger partial charge in [-0.15, -0.1) is 0 Å². The van der Waals surface area contributed by atoms with Crippen molar-refractivity contribution in [2.24, 2.45) is 5.73 Å². The molecule has 0 radical (unpaired) electrons. The smallest absolute Gasteiger partial charge is 0.420 e. The lowest BCUT2D eigenvalue weighted by atomic mass is 10.1. The topological polar surface area (TPSA) is 136 Å². The van der Waals surface area contributed by atoms with E-state index in [-0.39, 0.29) is 23.7 Å². The summed E-state index contributed by atoms with van der Waals surface area (Å²) in [5.41, 5.74) is 5.62. The van der Waals surface area contributed by atoms with Crippen LogP contribution in [0.3, 0.4) is 0 Å². The molecule has 2 aliphatic heterocycles. The fourth-order valence-corrected chi connectivity index (χ4v) is 3.33. The first-order chi connectivity index (χ1) is 14.8. The Hall–Kier alpha value is -4.14. The highest BCUT2D eigenvalue weighted by Gasteiger charge is 2.36. The summed E-state index contributed by atoms with van der Waals surface area (Å²) in [6.45, 7) is 1.46. The monoisotopic (exact) mass is 430 g/mol. The zero-order valence-electron chi connectivity index (χ0n) is 16.2. The van der Waals surface area contributed by atoms with Gasteiger partial charge in [0, 0.05) is 6.20 Å². The molecule has 3 heterocycles. The Morgan fingerprint density at radius 3 is 2.84 bits per heavy atom. The Balaban J connectivity index is 1.80. The van der Waals surface area contributed by atoms with Crippen LogP contribution in [0.25, 0.3) is 11.4 Å². The second kappa shape index (κ2) is 7.60. The molecule has 2 aliphatic rings. The van der Waals surface area contributed by atoms with Gasteiger partial charge in [0.2, 0.25) is 5.91 Å². The number of hydrogen-bond acceptors (Lipinski definition) is 7. The third kappa shape index (κ3) is 3.39. The number of ether oxygens (including phenoxy) is 2. The summed E-state index contributed by atoms with van der Waals surface area (Å²) in [4.78, 5) is 28.4. The molecule has 1 saturated heterocycles. The second-order valence-electron chi connectivity index (χ2n) is 6.81. The van der Waals surface area contributed by atoms with Crippen molar-refractivity contribution in [2.75, 3.05) is 23.4 Å². The van der Waals surface area contributed by atoms with E-state index in [1.165, 1.54) is 6.20 Å². The Labute approximate surface area is 174 Å². The average Bonchev–Trinajstić information content (AvgIpc) is 3.27. The maximum atomic E-state index is 13.2. The molecule has 0 aliphatic carbocycles. The molecule has 3 N–H and O–H groups in total. The molecule has 160 valence electrons. The van der Waals surface area contributed by atoms with Gasteiger partial charge in [-0.05, 0) is 19.1 Å². The second-order valence-corrected chi connectivity index (χ2v) is 6.81. The number of carbonyl (C=O) groups excluding carboxylic acids is 2. The number of amides is 2. The van der Waals surface area contributed by atoms with Crippen LogP contribution in [0.4, 0.5) is 25.1 Å². The van der Waals surface area contributed by atoms with Crippen LogP contribution in [0.15, 0.2) is 30.1 Å². The fourth-order valence-electron chi connectivity index (χ4n) is 3.33. The zero-order chi connectivity index (χ0) is 22.3. The minimum Gasteiger partial charge on any atom is -0.489 e. The van der Waals surface area contributed by atoms with Crippen molar-refractivity contribution >= 4 is 23.5 Å². The Morgan fingerprint density at radius 1 is 1.39 bits per heavy atom. The summed E-state index contributed by atoms with van der Waals surface area (Å²) in [5.74, 6) is -0.0825. The van der Waals surface area contributed by atoms with Crippen LogP contribution in [-0.4, -0.2) is 40.8 Å². The van der Waals surface area contributed by atoms with Crippen LogP contribution in [0.2, 0.25) is 0 Å². The van der Waals surface area contributed by atoms with E-state index in [0.717, 1.165) is 0 Å². The lowest BCUT2D eigenvalue weighted by molar-refractivity contribution is -0.118. The molecule has 4 rings (SSSR count). The van der Waals surface area contributed by atoms with Crippen LogP contribution in [-0.2, 0) is 16.1 Å². The number of aromatic nitrogens is 2. The number of nitriles is 1. The molecular weight excluding hydrogens is 414 g/mol. The van der Waals surface area contributed by atoms with Gasteiger partial charge in [0.15, 0.2) is 5.82 Å². The van der Waals surface area contributed by atoms with Gasteiger partial charge >= 0.3 is 6.09 Å². The van der Waals surface area contributed by atoms with E-state index in [4.69, 9.17) is 15.2 Å². The number of fused-ring (bicyclic) bond motifs is 3. The summed E-state index contributed by atoms with van der Waals surface area (Å²) < 4.78 is 38.6. The van der Waals surface area contributed by atoms with Gasteiger partial charge < -0.3 is 25.1 Å². The molecule has 2 aromatic rings. The molecule has 1 aromatic carbocycles. The van der Waals surface area contributed by atoms with E-state index < -0.39 is 36.4 Å². The highest BCUT2D eigenvalue weighted by Crippen LogP contribution is 2.40. The normalized spacial score (nSPS) is 15.7. The number of anilines is 2. The predicted octanol–water partition coefficient (Wildman–Crippen LogP) is 2.16. The Kier molecular flexibility index (Phi) is 4.94. The van der Waals surface area contributed by atoms with Crippen LogP contribution < -0.4 is 20.7 Å². The molecule has 1 fully saturated rings. The van der Waals surface area contributed by atoms with Gasteiger partial charge in [-0.3, -0.25) is 4.79 Å². The molecule has 0 unspecified atom stereocenters. The average molecular weight is 430 g/mol. The minimum absolute atomic E-state index is 0.0313. The summed E-state index contributed by atoms with van der Waals surface area (Å²) in [5, 5.41) is 12.6. The zero-order valence-corrected chi connectivity index (χ0v) is 16.2. The largest absolute Gasteiger partial charge is 0.489 e. The summed E-state index contributed by atoms with van der Waals surface area (Å²) in [6, 6.07) is 4.51. The lowest BCUT2D eigenvalue weighted by Crippen LogP contribution is -2.32. The third-order valence-corrected chi connectivity index (χ3v) is 4.88. The Bertz CT molecular complexity index is 1160. The molecule has 1 aromatic heterocycles. The number of rotatable bonds is 4. The number of nitrogens with zero attached hydrogens (tertiary/aromatic N) is 4. The SMILES string of the molecule is C[C@H](Nc1ccc2c(c1C#N)OCCn1cc(N3C(=O)OCC3=C(F)F)nc1-2)C(N)=O. The molecule has 0 spiro atoms. The molecule has 0 saturated carbocycles. The van der Waals surface area contributed by atoms with Gasteiger partial charge in [0.1, 0.15) is 48.2 Å². The van der Waals surface area contributed by atoms with E-state index in [1.807, 2.05) is 6.07 Å². The van der Waals surface area contributed by atoms with E-state index in [2.05, 4.69) is 10.3 Å². The molecule has 0 bridgehead atoms. The van der Waals surface area contributed by atoms with Gasteiger partial charge in [-0.25, -0.2) is 14.7 Å². The predicted molar refractivity (Wildman–Crippen MR) is 103 cm³/mol. The van der Waals surface area contributed by atoms with Crippen LogP contribution in [0.5, 0.6) is 5.75 Å². The molecule has 10 nitrogen and oxygen atoms in total. The number of cyclic esters (lactones) is 1. The van der Waals surface area contributed by atoms with E-state index in [1.54, 1.807) is 23.6 Å². The van der Waals surface area contributed by atoms with Gasteiger partial charge in [-0.2, -0.15) is 14.0 Å². The minimum atomic E-state index is -2.04. The summed E-state index contributed by atoms with van der Waals surface area (Å²) in [7, 11) is 0. The maximum absolute atomic E-state index is 13.2. The molecule has 2 amide bonds. The highest BCUT2D eigenvalue weighted by molar-refractivity contribution is 5.93. The van der Waals surface area contributed by atoms with E-state index in [0.29, 0.717) is 28.5 Å². The standard InChI is InChI=1S/C19H16F2N6O4/c1-9(17(23)28)24-12-3-2-10-15(11(12)6-22)30-5-4-26-7-14(25-18(10)26)27-13(16(20)21)8-31-19(27)29/h2-3,7,9,24H,4-5,8H2,1H3,(H2,23,28)/t9-/m0/s1. The first kappa shape index (κ1) is 20.1. The number of imidazole rings is 1. The highest BCUT2D eigenvalue weighted by atomic mass is 19.3. The van der Waals surface area contributed by atoms with Crippen LogP contribution in [0.1, 0.15) is 12.5 Å². The number of nitrogens with one attached hydrogen (secondary N) is 1. The molecular formula is C19H16F2N6O4. The van der Waals surface area contributed by atoms with Gasteiger partial charge in [0.25, 0.3) is 6.08 Å². The maximum Gasteiger partial charge on any atom is 0.420 e. The van der Waals surface area contributed by atoms with Crippen LogP contribution >= 0.6 is 0 Å². The number of primary amides is 1. The van der Waals surface area contributed by atoms with Crippen LogP contribution in [0, 0.1) is 11.3 Å². The van der Waals surface area contributed by atoms with Crippen molar-refractivity contribution in [2.45, 2.75) is 19.5 Å². The number of halogens is 2. The van der Waals surface area contributed by atoms with E-state index in [9.17, 15) is 23.6 Å². The summed E-state index contributed by atoms with van der Waals surface area (Å²) in [6.07, 6.45) is -1.55. The van der Waals surface area contributed by atoms with Crippen molar-refractivity contribution in [3.8, 4) is 23.2 Å². The van der Waals surface area contributed by atoms with Gasteiger partial charge in [-0.1, -0.05) is 0 Å². The Morgan fingerprint density at radius 2 is 2.16 bits per heavy atom. The first-order valence-electron chi connectivity index (χ1n) is 9.16. The number of hydrogen-bond donors (Lipinski definition) is 2. The number of nitrogens with two attached hydrogens (primary N) is 1. The third-order valence-electron chi connectivity index (χ3n) is 4.88. The van der Waals surface area contributed by atoms with Crippen molar-refractivity contribution < 1.29 is 27.8 Å². The lowest BCUT2D eigenvalue weighted by Gasteiger charge is -2.16. The van der Waals surface area contributed by atoms with Crippen molar-refractivity contribution in [3.63, 3.8) is 0 Å². The first-order valence-corrected chi connectivity index (χ1v) is 9.16. The van der Waals surface area contributed by atoms with Crippen molar-refractivity contribution in [1.29, 1.82) is 5.26 Å². The van der Waals surface area contributed by atoms with Gasteiger partial charge in [0.05, 0.1) is 17.8 Å². The molecule has 1 atom stereocenters. The number of benzene rings is 1. The summed E-state index contributed by atoms with van der Waals surface area (Å²) >= 11 is 0.